The Morgan fingerprint density at radius 3 is 2.64 bits per heavy atom. The van der Waals surface area contributed by atoms with Crippen molar-refractivity contribution in [2.24, 2.45) is 0 Å². The van der Waals surface area contributed by atoms with Crippen LogP contribution in [0.15, 0.2) is 41.4 Å². The van der Waals surface area contributed by atoms with E-state index in [-0.39, 0.29) is 5.91 Å². The van der Waals surface area contributed by atoms with Gasteiger partial charge in [0.2, 0.25) is 5.91 Å². The topological polar surface area (TPSA) is 60.5 Å². The summed E-state index contributed by atoms with van der Waals surface area (Å²) in [6.07, 6.45) is 0. The van der Waals surface area contributed by atoms with Crippen LogP contribution in [0.5, 0.6) is 11.5 Å². The molecular weight excluding hydrogens is 372 g/mol. The average molecular weight is 394 g/mol. The first-order chi connectivity index (χ1) is 13.5. The van der Waals surface area contributed by atoms with E-state index in [0.717, 1.165) is 21.5 Å². The van der Waals surface area contributed by atoms with Crippen molar-refractivity contribution < 1.29 is 14.3 Å². The van der Waals surface area contributed by atoms with Crippen molar-refractivity contribution in [2.75, 3.05) is 24.3 Å². The van der Waals surface area contributed by atoms with E-state index in [0.29, 0.717) is 36.2 Å². The van der Waals surface area contributed by atoms with Crippen LogP contribution in [0.1, 0.15) is 16.7 Å². The van der Waals surface area contributed by atoms with Crippen LogP contribution in [0.25, 0.3) is 10.9 Å². The van der Waals surface area contributed by atoms with Crippen molar-refractivity contribution in [2.45, 2.75) is 25.8 Å². The molecule has 0 aliphatic carbocycles. The molecule has 0 radical (unpaired) electrons. The molecule has 0 bridgehead atoms. The van der Waals surface area contributed by atoms with Crippen molar-refractivity contribution in [1.82, 2.24) is 4.98 Å². The lowest BCUT2D eigenvalue weighted by Crippen LogP contribution is -2.17. The van der Waals surface area contributed by atoms with Gasteiger partial charge in [0, 0.05) is 17.1 Å². The molecule has 5 nitrogen and oxygen atoms in total. The summed E-state index contributed by atoms with van der Waals surface area (Å²) in [5.74, 6) is 1.58. The molecule has 1 amide bonds. The fourth-order valence-corrected chi connectivity index (χ4v) is 3.95. The van der Waals surface area contributed by atoms with Gasteiger partial charge >= 0.3 is 0 Å². The van der Waals surface area contributed by atoms with Crippen LogP contribution >= 0.6 is 11.8 Å². The molecule has 6 heteroatoms. The number of ether oxygens (including phenoxy) is 2. The number of nitrogens with one attached hydrogen (secondary N) is 1. The number of aryl methyl sites for hydroxylation is 3. The fraction of sp³-hybridized carbons (Fsp3) is 0.273. The number of anilines is 1. The molecule has 2 aromatic carbocycles. The molecule has 4 rings (SSSR count). The minimum Gasteiger partial charge on any atom is -0.486 e. The van der Waals surface area contributed by atoms with Crippen molar-refractivity contribution in [3.8, 4) is 11.5 Å². The molecule has 1 aromatic heterocycles. The number of pyridine rings is 1. The van der Waals surface area contributed by atoms with Crippen LogP contribution in [-0.4, -0.2) is 29.9 Å². The molecule has 0 saturated carbocycles. The molecule has 0 atom stereocenters. The van der Waals surface area contributed by atoms with Crippen molar-refractivity contribution >= 4 is 34.3 Å². The lowest BCUT2D eigenvalue weighted by molar-refractivity contribution is -0.113. The number of aromatic nitrogens is 1. The number of nitrogens with zero attached hydrogens (tertiary/aromatic N) is 1. The predicted octanol–water partition coefficient (Wildman–Crippen LogP) is 4.66. The van der Waals surface area contributed by atoms with Crippen molar-refractivity contribution in [1.29, 1.82) is 0 Å². The molecular formula is C22H22N2O3S. The average Bonchev–Trinajstić information content (AvgIpc) is 2.69. The number of fused-ring (bicyclic) bond motifs is 2. The van der Waals surface area contributed by atoms with Gasteiger partial charge in [-0.15, -0.1) is 0 Å². The predicted molar refractivity (Wildman–Crippen MR) is 113 cm³/mol. The van der Waals surface area contributed by atoms with E-state index in [9.17, 15) is 4.79 Å². The highest BCUT2D eigenvalue weighted by Gasteiger charge is 2.14. The van der Waals surface area contributed by atoms with Crippen LogP contribution in [0, 0.1) is 20.8 Å². The maximum absolute atomic E-state index is 12.4. The largest absolute Gasteiger partial charge is 0.486 e. The monoisotopic (exact) mass is 394 g/mol. The van der Waals surface area contributed by atoms with E-state index in [4.69, 9.17) is 14.5 Å². The third-order valence-corrected chi connectivity index (χ3v) is 5.91. The first-order valence-electron chi connectivity index (χ1n) is 9.21. The van der Waals surface area contributed by atoms with Gasteiger partial charge in [0.25, 0.3) is 0 Å². The molecule has 0 saturated heterocycles. The third-order valence-electron chi connectivity index (χ3n) is 4.82. The van der Waals surface area contributed by atoms with Crippen LogP contribution < -0.4 is 14.8 Å². The van der Waals surface area contributed by atoms with E-state index in [1.165, 1.54) is 22.9 Å². The van der Waals surface area contributed by atoms with Crippen LogP contribution in [-0.2, 0) is 4.79 Å². The van der Waals surface area contributed by atoms with E-state index in [1.807, 2.05) is 19.1 Å². The molecule has 1 aliphatic heterocycles. The third kappa shape index (κ3) is 3.78. The molecule has 0 fully saturated rings. The number of hydrogen-bond donors (Lipinski definition) is 1. The van der Waals surface area contributed by atoms with E-state index >= 15 is 0 Å². The van der Waals surface area contributed by atoms with Crippen LogP contribution in [0.3, 0.4) is 0 Å². The summed E-state index contributed by atoms with van der Waals surface area (Å²) in [6.45, 7) is 7.27. The zero-order valence-electron chi connectivity index (χ0n) is 16.2. The summed E-state index contributed by atoms with van der Waals surface area (Å²) >= 11 is 1.45. The number of benzene rings is 2. The van der Waals surface area contributed by atoms with Gasteiger partial charge in [0.05, 0.1) is 11.3 Å². The normalized spacial score (nSPS) is 12.8. The van der Waals surface area contributed by atoms with Gasteiger partial charge in [0.15, 0.2) is 11.5 Å². The summed E-state index contributed by atoms with van der Waals surface area (Å²) in [5.41, 5.74) is 5.17. The number of hydrogen-bond acceptors (Lipinski definition) is 5. The molecule has 28 heavy (non-hydrogen) atoms. The maximum atomic E-state index is 12.4. The highest BCUT2D eigenvalue weighted by molar-refractivity contribution is 8.00. The van der Waals surface area contributed by atoms with E-state index < -0.39 is 0 Å². The highest BCUT2D eigenvalue weighted by atomic mass is 32.2. The number of carbonyl (C=O) groups excluding carboxylic acids is 1. The second-order valence-corrected chi connectivity index (χ2v) is 7.85. The Hall–Kier alpha value is -2.73. The number of amides is 1. The van der Waals surface area contributed by atoms with Gasteiger partial charge < -0.3 is 14.8 Å². The minimum absolute atomic E-state index is 0.0797. The summed E-state index contributed by atoms with van der Waals surface area (Å²) in [4.78, 5) is 17.2. The number of thioether (sulfide) groups is 1. The van der Waals surface area contributed by atoms with Gasteiger partial charge in [-0.05, 0) is 55.7 Å². The summed E-state index contributed by atoms with van der Waals surface area (Å²) in [6, 6.07) is 11.8. The zero-order chi connectivity index (χ0) is 19.7. The SMILES string of the molecule is Cc1cc2ccc(C)c(C)c2nc1SCC(=O)Nc1ccc2c(c1)OCCO2. The highest BCUT2D eigenvalue weighted by Crippen LogP contribution is 2.33. The Labute approximate surface area is 168 Å². The minimum atomic E-state index is -0.0797. The van der Waals surface area contributed by atoms with E-state index in [2.05, 4.69) is 37.4 Å². The van der Waals surface area contributed by atoms with Crippen LogP contribution in [0.2, 0.25) is 0 Å². The lowest BCUT2D eigenvalue weighted by Gasteiger charge is -2.19. The molecule has 0 spiro atoms. The Kier molecular flexibility index (Phi) is 5.13. The van der Waals surface area contributed by atoms with Gasteiger partial charge in [-0.25, -0.2) is 4.98 Å². The van der Waals surface area contributed by atoms with Gasteiger partial charge in [-0.1, -0.05) is 23.9 Å². The Morgan fingerprint density at radius 2 is 1.82 bits per heavy atom. The Bertz CT molecular complexity index is 1070. The second kappa shape index (κ2) is 7.72. The molecule has 1 N–H and O–H groups in total. The zero-order valence-corrected chi connectivity index (χ0v) is 17.0. The number of rotatable bonds is 4. The molecule has 3 aromatic rings. The quantitative estimate of drug-likeness (QED) is 0.652. The lowest BCUT2D eigenvalue weighted by atomic mass is 10.0. The second-order valence-electron chi connectivity index (χ2n) is 6.88. The maximum Gasteiger partial charge on any atom is 0.234 e. The summed E-state index contributed by atoms with van der Waals surface area (Å²) < 4.78 is 11.1. The smallest absolute Gasteiger partial charge is 0.234 e. The Balaban J connectivity index is 1.46. The van der Waals surface area contributed by atoms with Crippen molar-refractivity contribution in [3.05, 3.63) is 53.1 Å². The summed E-state index contributed by atoms with van der Waals surface area (Å²) in [5, 5.41) is 4.93. The summed E-state index contributed by atoms with van der Waals surface area (Å²) in [7, 11) is 0. The molecule has 0 unspecified atom stereocenters. The number of carbonyl (C=O) groups is 1. The van der Waals surface area contributed by atoms with Gasteiger partial charge in [-0.3, -0.25) is 4.79 Å². The fourth-order valence-electron chi connectivity index (χ4n) is 3.17. The van der Waals surface area contributed by atoms with Gasteiger partial charge in [0.1, 0.15) is 18.2 Å². The van der Waals surface area contributed by atoms with Crippen LogP contribution in [0.4, 0.5) is 5.69 Å². The standard InChI is InChI=1S/C22H22N2O3S/c1-13-4-5-16-10-14(2)22(24-21(16)15(13)3)28-12-20(25)23-17-6-7-18-19(11-17)27-9-8-26-18/h4-7,10-11H,8-9,12H2,1-3H3,(H,23,25). The molecule has 144 valence electrons. The molecule has 2 heterocycles. The van der Waals surface area contributed by atoms with E-state index in [1.54, 1.807) is 6.07 Å². The van der Waals surface area contributed by atoms with Crippen molar-refractivity contribution in [3.63, 3.8) is 0 Å². The first-order valence-corrected chi connectivity index (χ1v) is 10.2. The van der Waals surface area contributed by atoms with Gasteiger partial charge in [-0.2, -0.15) is 0 Å². The Morgan fingerprint density at radius 1 is 1.04 bits per heavy atom. The first kappa shape index (κ1) is 18.6. The molecule has 1 aliphatic rings.